The van der Waals surface area contributed by atoms with E-state index in [1.807, 2.05) is 17.9 Å². The highest BCUT2D eigenvalue weighted by molar-refractivity contribution is 14.0. The number of hydrogen-bond donors (Lipinski definition) is 1. The van der Waals surface area contributed by atoms with Gasteiger partial charge in [0.15, 0.2) is 5.96 Å². The first-order valence-corrected chi connectivity index (χ1v) is 11.5. The Morgan fingerprint density at radius 2 is 2.00 bits per heavy atom. The van der Waals surface area contributed by atoms with Crippen molar-refractivity contribution in [2.24, 2.45) is 18.0 Å². The van der Waals surface area contributed by atoms with E-state index in [1.54, 1.807) is 0 Å². The summed E-state index contributed by atoms with van der Waals surface area (Å²) in [5.74, 6) is 1.82. The number of halogens is 1. The van der Waals surface area contributed by atoms with Crippen molar-refractivity contribution in [2.45, 2.75) is 45.2 Å². The molecule has 2 saturated heterocycles. The molecule has 7 heteroatoms. The molecule has 3 heterocycles. The number of aliphatic imine (C=N–C) groups is 1. The van der Waals surface area contributed by atoms with Crippen molar-refractivity contribution in [3.8, 4) is 0 Å². The molecule has 2 aromatic rings. The number of aryl methyl sites for hydroxylation is 1. The van der Waals surface area contributed by atoms with Crippen molar-refractivity contribution in [1.82, 2.24) is 24.9 Å². The Morgan fingerprint density at radius 3 is 2.74 bits per heavy atom. The summed E-state index contributed by atoms with van der Waals surface area (Å²) in [6.07, 6.45) is 8.82. The molecule has 31 heavy (non-hydrogen) atoms. The fourth-order valence-corrected chi connectivity index (χ4v) is 5.03. The number of piperidine rings is 2. The van der Waals surface area contributed by atoms with Crippen LogP contribution in [0.15, 0.2) is 47.7 Å². The average Bonchev–Trinajstić information content (AvgIpc) is 3.19. The topological polar surface area (TPSA) is 48.7 Å². The minimum Gasteiger partial charge on any atom is -0.357 e. The van der Waals surface area contributed by atoms with E-state index in [2.05, 4.69) is 63.7 Å². The van der Waals surface area contributed by atoms with E-state index in [1.165, 1.54) is 36.9 Å². The second-order valence-electron chi connectivity index (χ2n) is 8.67. The molecule has 1 aromatic carbocycles. The van der Waals surface area contributed by atoms with Gasteiger partial charge in [-0.2, -0.15) is 5.10 Å². The molecule has 0 bridgehead atoms. The van der Waals surface area contributed by atoms with Gasteiger partial charge in [-0.3, -0.25) is 14.6 Å². The number of guanidine groups is 1. The Morgan fingerprint density at radius 1 is 1.16 bits per heavy atom. The molecule has 4 rings (SSSR count). The minimum atomic E-state index is 0. The Kier molecular flexibility index (Phi) is 9.19. The highest BCUT2D eigenvalue weighted by Gasteiger charge is 2.36. The number of benzene rings is 1. The molecule has 2 unspecified atom stereocenters. The number of aromatic nitrogens is 2. The van der Waals surface area contributed by atoms with Crippen molar-refractivity contribution < 1.29 is 0 Å². The van der Waals surface area contributed by atoms with E-state index in [9.17, 15) is 0 Å². The maximum absolute atomic E-state index is 4.95. The predicted octanol–water partition coefficient (Wildman–Crippen LogP) is 3.53. The first-order valence-electron chi connectivity index (χ1n) is 11.5. The Labute approximate surface area is 204 Å². The molecule has 2 aliphatic heterocycles. The summed E-state index contributed by atoms with van der Waals surface area (Å²) in [4.78, 5) is 10.2. The third kappa shape index (κ3) is 6.44. The predicted molar refractivity (Wildman–Crippen MR) is 138 cm³/mol. The van der Waals surface area contributed by atoms with Crippen LogP contribution < -0.4 is 5.32 Å². The van der Waals surface area contributed by atoms with Gasteiger partial charge >= 0.3 is 0 Å². The zero-order valence-electron chi connectivity index (χ0n) is 18.9. The molecule has 0 spiro atoms. The van der Waals surface area contributed by atoms with Gasteiger partial charge in [-0.1, -0.05) is 30.3 Å². The highest BCUT2D eigenvalue weighted by Crippen LogP contribution is 2.31. The third-order valence-corrected chi connectivity index (χ3v) is 6.47. The van der Waals surface area contributed by atoms with Crippen LogP contribution in [0.3, 0.4) is 0 Å². The first kappa shape index (κ1) is 24.0. The SMILES string of the molecule is CCNC(=NCCc1cnn(C)c1)N1CCC2C(CCCN2Cc2ccccc2)C1.I. The molecule has 0 radical (unpaired) electrons. The van der Waals surface area contributed by atoms with Gasteiger partial charge in [0.2, 0.25) is 0 Å². The smallest absolute Gasteiger partial charge is 0.193 e. The number of nitrogens with one attached hydrogen (secondary N) is 1. The van der Waals surface area contributed by atoms with Crippen LogP contribution in [0.25, 0.3) is 0 Å². The van der Waals surface area contributed by atoms with Crippen LogP contribution >= 0.6 is 24.0 Å². The summed E-state index contributed by atoms with van der Waals surface area (Å²) < 4.78 is 1.86. The van der Waals surface area contributed by atoms with Crippen LogP contribution in [0.1, 0.15) is 37.3 Å². The maximum atomic E-state index is 4.95. The number of nitrogens with zero attached hydrogens (tertiary/aromatic N) is 5. The zero-order chi connectivity index (χ0) is 20.8. The van der Waals surface area contributed by atoms with Crippen molar-refractivity contribution in [1.29, 1.82) is 0 Å². The molecule has 1 N–H and O–H groups in total. The normalized spacial score (nSPS) is 22.0. The van der Waals surface area contributed by atoms with E-state index in [4.69, 9.17) is 4.99 Å². The molecule has 6 nitrogen and oxygen atoms in total. The highest BCUT2D eigenvalue weighted by atomic mass is 127. The van der Waals surface area contributed by atoms with Crippen LogP contribution in [0.2, 0.25) is 0 Å². The van der Waals surface area contributed by atoms with Crippen LogP contribution in [0, 0.1) is 5.92 Å². The lowest BCUT2D eigenvalue weighted by Gasteiger charge is -2.48. The summed E-state index contributed by atoms with van der Waals surface area (Å²) >= 11 is 0. The molecule has 2 aliphatic rings. The van der Waals surface area contributed by atoms with Crippen LogP contribution in [-0.2, 0) is 20.0 Å². The minimum absolute atomic E-state index is 0. The van der Waals surface area contributed by atoms with Gasteiger partial charge in [0, 0.05) is 52.0 Å². The van der Waals surface area contributed by atoms with E-state index in [0.29, 0.717) is 6.04 Å². The van der Waals surface area contributed by atoms with Crippen molar-refractivity contribution in [3.05, 3.63) is 53.9 Å². The Bertz CT molecular complexity index is 820. The van der Waals surface area contributed by atoms with Gasteiger partial charge in [-0.25, -0.2) is 0 Å². The van der Waals surface area contributed by atoms with Crippen molar-refractivity contribution in [3.63, 3.8) is 0 Å². The summed E-state index contributed by atoms with van der Waals surface area (Å²) in [6, 6.07) is 11.6. The Balaban J connectivity index is 0.00000272. The summed E-state index contributed by atoms with van der Waals surface area (Å²) in [7, 11) is 1.96. The van der Waals surface area contributed by atoms with Gasteiger partial charge in [-0.05, 0) is 56.2 Å². The van der Waals surface area contributed by atoms with Gasteiger partial charge in [0.25, 0.3) is 0 Å². The molecule has 2 fully saturated rings. The number of rotatable bonds is 6. The standard InChI is InChI=1S/C24H36N6.HI/c1-3-25-24(26-13-11-21-16-27-28(2)17-21)30-15-12-23-22(19-30)10-7-14-29(23)18-20-8-5-4-6-9-20;/h4-6,8-9,16-17,22-23H,3,7,10-15,18-19H2,1-2H3,(H,25,26);1H. The summed E-state index contributed by atoms with van der Waals surface area (Å²) in [5, 5.41) is 7.79. The Hall–Kier alpha value is -1.61. The summed E-state index contributed by atoms with van der Waals surface area (Å²) in [6.45, 7) is 8.40. The zero-order valence-corrected chi connectivity index (χ0v) is 21.2. The molecule has 0 amide bonds. The van der Waals surface area contributed by atoms with Gasteiger partial charge in [0.05, 0.1) is 6.20 Å². The molecule has 170 valence electrons. The lowest BCUT2D eigenvalue weighted by Crippen LogP contribution is -2.56. The van der Waals surface area contributed by atoms with E-state index in [-0.39, 0.29) is 24.0 Å². The lowest BCUT2D eigenvalue weighted by atomic mass is 9.83. The third-order valence-electron chi connectivity index (χ3n) is 6.47. The molecule has 0 saturated carbocycles. The van der Waals surface area contributed by atoms with Crippen molar-refractivity contribution >= 4 is 29.9 Å². The first-order chi connectivity index (χ1) is 14.7. The average molecular weight is 537 g/mol. The lowest BCUT2D eigenvalue weighted by molar-refractivity contribution is 0.0372. The van der Waals surface area contributed by atoms with Crippen LogP contribution in [0.4, 0.5) is 0 Å². The number of likely N-dealkylation sites (tertiary alicyclic amines) is 2. The van der Waals surface area contributed by atoms with Crippen molar-refractivity contribution in [2.75, 3.05) is 32.7 Å². The molecule has 2 atom stereocenters. The van der Waals surface area contributed by atoms with E-state index < -0.39 is 0 Å². The molecule has 1 aromatic heterocycles. The summed E-state index contributed by atoms with van der Waals surface area (Å²) in [5.41, 5.74) is 2.69. The largest absolute Gasteiger partial charge is 0.357 e. The molecule has 0 aliphatic carbocycles. The van der Waals surface area contributed by atoms with Crippen LogP contribution in [-0.4, -0.2) is 64.3 Å². The molecular formula is C24H37IN6. The second-order valence-corrected chi connectivity index (χ2v) is 8.67. The monoisotopic (exact) mass is 536 g/mol. The molecular weight excluding hydrogens is 499 g/mol. The number of fused-ring (bicyclic) bond motifs is 1. The number of hydrogen-bond acceptors (Lipinski definition) is 3. The fraction of sp³-hybridized carbons (Fsp3) is 0.583. The fourth-order valence-electron chi connectivity index (χ4n) is 5.03. The van der Waals surface area contributed by atoms with E-state index >= 15 is 0 Å². The van der Waals surface area contributed by atoms with Crippen LogP contribution in [0.5, 0.6) is 0 Å². The van der Waals surface area contributed by atoms with Gasteiger partial charge in [-0.15, -0.1) is 24.0 Å². The van der Waals surface area contributed by atoms with E-state index in [0.717, 1.165) is 51.0 Å². The van der Waals surface area contributed by atoms with Gasteiger partial charge in [0.1, 0.15) is 0 Å². The quantitative estimate of drug-likeness (QED) is 0.349. The van der Waals surface area contributed by atoms with Gasteiger partial charge < -0.3 is 10.2 Å². The second kappa shape index (κ2) is 11.9. The maximum Gasteiger partial charge on any atom is 0.193 e.